The number of ether oxygens (including phenoxy) is 1. The molecule has 2 aromatic rings. The van der Waals surface area contributed by atoms with Crippen LogP contribution in [0.15, 0.2) is 48.7 Å². The maximum atomic E-state index is 12.3. The van der Waals surface area contributed by atoms with Gasteiger partial charge in [0.2, 0.25) is 5.88 Å². The zero-order chi connectivity index (χ0) is 13.7. The van der Waals surface area contributed by atoms with Crippen LogP contribution >= 0.6 is 0 Å². The van der Waals surface area contributed by atoms with Crippen molar-refractivity contribution < 1.29 is 9.53 Å². The summed E-state index contributed by atoms with van der Waals surface area (Å²) in [6.45, 7) is 0. The van der Waals surface area contributed by atoms with Crippen molar-refractivity contribution in [2.24, 2.45) is 0 Å². The number of hydrogen-bond donors (Lipinski definition) is 0. The van der Waals surface area contributed by atoms with E-state index in [4.69, 9.17) is 4.74 Å². The van der Waals surface area contributed by atoms with Gasteiger partial charge in [-0.3, -0.25) is 4.79 Å². The molecule has 1 aromatic heterocycles. The van der Waals surface area contributed by atoms with Crippen LogP contribution in [0.2, 0.25) is 0 Å². The first kappa shape index (κ1) is 12.8. The third-order valence-corrected chi connectivity index (χ3v) is 2.75. The fraction of sp³-hybridized carbons (Fsp3) is 0.133. The van der Waals surface area contributed by atoms with Gasteiger partial charge in [-0.15, -0.1) is 0 Å². The van der Waals surface area contributed by atoms with Crippen LogP contribution in [-0.4, -0.2) is 17.9 Å². The third-order valence-electron chi connectivity index (χ3n) is 2.75. The molecule has 0 saturated heterocycles. The van der Waals surface area contributed by atoms with Crippen molar-refractivity contribution in [3.8, 4) is 11.9 Å². The number of carbonyl (C=O) groups is 1. The van der Waals surface area contributed by atoms with Crippen LogP contribution in [-0.2, 0) is 0 Å². The molecule has 0 amide bonds. The molecule has 0 spiro atoms. The lowest BCUT2D eigenvalue weighted by Gasteiger charge is -2.08. The van der Waals surface area contributed by atoms with E-state index in [1.165, 1.54) is 13.3 Å². The molecule has 0 radical (unpaired) electrons. The van der Waals surface area contributed by atoms with Crippen molar-refractivity contribution in [2.45, 2.75) is 5.92 Å². The molecule has 94 valence electrons. The summed E-state index contributed by atoms with van der Waals surface area (Å²) in [7, 11) is 1.51. The van der Waals surface area contributed by atoms with Gasteiger partial charge in [0, 0.05) is 17.8 Å². The number of methoxy groups -OCH3 is 1. The number of pyridine rings is 1. The van der Waals surface area contributed by atoms with Crippen LogP contribution in [0.3, 0.4) is 0 Å². The number of ketones is 1. The van der Waals surface area contributed by atoms with E-state index in [-0.39, 0.29) is 5.78 Å². The van der Waals surface area contributed by atoms with Gasteiger partial charge >= 0.3 is 0 Å². The van der Waals surface area contributed by atoms with E-state index in [0.29, 0.717) is 17.0 Å². The Labute approximate surface area is 111 Å². The number of benzene rings is 1. The summed E-state index contributed by atoms with van der Waals surface area (Å²) in [5, 5.41) is 9.20. The molecule has 0 aliphatic heterocycles. The minimum absolute atomic E-state index is 0.260. The smallest absolute Gasteiger partial charge is 0.212 e. The number of aromatic nitrogens is 1. The Kier molecular flexibility index (Phi) is 3.89. The topological polar surface area (TPSA) is 63.0 Å². The Morgan fingerprint density at radius 1 is 1.26 bits per heavy atom. The van der Waals surface area contributed by atoms with Gasteiger partial charge in [0.15, 0.2) is 5.78 Å². The van der Waals surface area contributed by atoms with Crippen LogP contribution in [0.4, 0.5) is 0 Å². The van der Waals surface area contributed by atoms with E-state index >= 15 is 0 Å². The maximum absolute atomic E-state index is 12.3. The summed E-state index contributed by atoms with van der Waals surface area (Å²) in [4.78, 5) is 16.2. The second-order valence-corrected chi connectivity index (χ2v) is 3.93. The van der Waals surface area contributed by atoms with Crippen molar-refractivity contribution >= 4 is 5.78 Å². The van der Waals surface area contributed by atoms with Crippen molar-refractivity contribution in [1.29, 1.82) is 5.26 Å². The summed E-state index contributed by atoms with van der Waals surface area (Å²) in [6.07, 6.45) is 1.43. The summed E-state index contributed by atoms with van der Waals surface area (Å²) in [5.74, 6) is -0.634. The fourth-order valence-corrected chi connectivity index (χ4v) is 1.74. The quantitative estimate of drug-likeness (QED) is 0.784. The first-order valence-electron chi connectivity index (χ1n) is 5.75. The molecular weight excluding hydrogens is 240 g/mol. The number of rotatable bonds is 4. The molecule has 19 heavy (non-hydrogen) atoms. The van der Waals surface area contributed by atoms with Gasteiger partial charge in [0.1, 0.15) is 5.92 Å². The number of Topliss-reactive ketones (excluding diaryl/α,β-unsaturated/α-hetero) is 1. The number of hydrogen-bond acceptors (Lipinski definition) is 4. The Hall–Kier alpha value is -2.67. The first-order chi connectivity index (χ1) is 9.26. The summed E-state index contributed by atoms with van der Waals surface area (Å²) in [6, 6.07) is 14.2. The van der Waals surface area contributed by atoms with Crippen LogP contribution in [0, 0.1) is 11.3 Å². The first-order valence-corrected chi connectivity index (χ1v) is 5.75. The molecule has 4 nitrogen and oxygen atoms in total. The van der Waals surface area contributed by atoms with Gasteiger partial charge in [-0.2, -0.15) is 5.26 Å². The van der Waals surface area contributed by atoms with Crippen molar-refractivity contribution in [2.75, 3.05) is 7.11 Å². The second kappa shape index (κ2) is 5.78. The lowest BCUT2D eigenvalue weighted by atomic mass is 9.93. The van der Waals surface area contributed by atoms with Gasteiger partial charge in [-0.25, -0.2) is 4.98 Å². The maximum Gasteiger partial charge on any atom is 0.212 e. The number of nitrogens with zero attached hydrogens (tertiary/aromatic N) is 2. The highest BCUT2D eigenvalue weighted by Gasteiger charge is 2.21. The van der Waals surface area contributed by atoms with Gasteiger partial charge in [0.05, 0.1) is 13.2 Å². The molecule has 0 aliphatic rings. The second-order valence-electron chi connectivity index (χ2n) is 3.93. The number of carbonyl (C=O) groups excluding carboxylic acids is 1. The van der Waals surface area contributed by atoms with E-state index in [1.807, 2.05) is 12.1 Å². The zero-order valence-electron chi connectivity index (χ0n) is 10.4. The van der Waals surface area contributed by atoms with Crippen LogP contribution in [0.5, 0.6) is 5.88 Å². The highest BCUT2D eigenvalue weighted by atomic mass is 16.5. The van der Waals surface area contributed by atoms with Crippen molar-refractivity contribution in [3.05, 3.63) is 59.8 Å². The molecular formula is C15H12N2O2. The molecule has 1 atom stereocenters. The molecule has 0 fully saturated rings. The average Bonchev–Trinajstić information content (AvgIpc) is 2.49. The lowest BCUT2D eigenvalue weighted by Crippen LogP contribution is -2.11. The van der Waals surface area contributed by atoms with Gasteiger partial charge in [-0.05, 0) is 11.6 Å². The molecule has 1 aromatic carbocycles. The molecule has 0 saturated carbocycles. The Bertz CT molecular complexity index is 600. The molecule has 0 N–H and O–H groups in total. The fourth-order valence-electron chi connectivity index (χ4n) is 1.74. The van der Waals surface area contributed by atoms with E-state index in [0.717, 1.165) is 0 Å². The molecule has 0 aliphatic carbocycles. The molecule has 1 heterocycles. The van der Waals surface area contributed by atoms with Gasteiger partial charge < -0.3 is 4.74 Å². The lowest BCUT2D eigenvalue weighted by molar-refractivity contribution is 0.0978. The molecule has 4 heteroatoms. The van der Waals surface area contributed by atoms with E-state index in [2.05, 4.69) is 4.98 Å². The Morgan fingerprint density at radius 3 is 2.53 bits per heavy atom. The van der Waals surface area contributed by atoms with E-state index in [9.17, 15) is 10.1 Å². The minimum Gasteiger partial charge on any atom is -0.481 e. The average molecular weight is 252 g/mol. The number of nitriles is 1. The highest BCUT2D eigenvalue weighted by Crippen LogP contribution is 2.20. The SMILES string of the molecule is COc1ccc(C(=O)C(C#N)c2ccccc2)cn1. The predicted molar refractivity (Wildman–Crippen MR) is 69.9 cm³/mol. The van der Waals surface area contributed by atoms with E-state index in [1.54, 1.807) is 36.4 Å². The molecule has 2 rings (SSSR count). The Morgan fingerprint density at radius 2 is 2.00 bits per heavy atom. The largest absolute Gasteiger partial charge is 0.481 e. The summed E-state index contributed by atoms with van der Waals surface area (Å²) < 4.78 is 4.93. The van der Waals surface area contributed by atoms with Crippen LogP contribution in [0.1, 0.15) is 21.8 Å². The monoisotopic (exact) mass is 252 g/mol. The van der Waals surface area contributed by atoms with Gasteiger partial charge in [0.25, 0.3) is 0 Å². The third kappa shape index (κ3) is 2.78. The van der Waals surface area contributed by atoms with Crippen LogP contribution in [0.25, 0.3) is 0 Å². The highest BCUT2D eigenvalue weighted by molar-refractivity contribution is 6.02. The van der Waals surface area contributed by atoms with Gasteiger partial charge in [-0.1, -0.05) is 30.3 Å². The van der Waals surface area contributed by atoms with Crippen LogP contribution < -0.4 is 4.74 Å². The minimum atomic E-state index is -0.809. The standard InChI is InChI=1S/C15H12N2O2/c1-19-14-8-7-12(10-17-14)15(18)13(9-16)11-5-3-2-4-6-11/h2-8,10,13H,1H3. The van der Waals surface area contributed by atoms with Crippen molar-refractivity contribution in [3.63, 3.8) is 0 Å². The molecule has 0 bridgehead atoms. The predicted octanol–water partition coefficient (Wildman–Crippen LogP) is 2.58. The molecule has 1 unspecified atom stereocenters. The zero-order valence-corrected chi connectivity index (χ0v) is 10.4. The normalized spacial score (nSPS) is 11.4. The summed E-state index contributed by atoms with van der Waals surface area (Å²) in [5.41, 5.74) is 1.09. The summed E-state index contributed by atoms with van der Waals surface area (Å²) >= 11 is 0. The van der Waals surface area contributed by atoms with E-state index < -0.39 is 5.92 Å². The van der Waals surface area contributed by atoms with Crippen molar-refractivity contribution in [1.82, 2.24) is 4.98 Å². The Balaban J connectivity index is 2.29.